The Bertz CT molecular complexity index is 1870. The molecule has 6 nitrogen and oxygen atoms in total. The molecule has 0 radical (unpaired) electrons. The Morgan fingerprint density at radius 1 is 0.256 bits per heavy atom. The molecule has 0 saturated heterocycles. The van der Waals surface area contributed by atoms with Crippen LogP contribution in [0.15, 0.2) is 170 Å². The first kappa shape index (κ1) is 76.8. The van der Waals surface area contributed by atoms with Crippen molar-refractivity contribution >= 4 is 17.9 Å². The average Bonchev–Trinajstić information content (AvgIpc) is 3.47. The summed E-state index contributed by atoms with van der Waals surface area (Å²) in [6.45, 7) is 6.35. The van der Waals surface area contributed by atoms with Crippen LogP contribution in [0.2, 0.25) is 0 Å². The highest BCUT2D eigenvalue weighted by molar-refractivity contribution is 5.71. The van der Waals surface area contributed by atoms with E-state index in [0.29, 0.717) is 19.3 Å². The van der Waals surface area contributed by atoms with Crippen LogP contribution < -0.4 is 0 Å². The molecule has 0 N–H and O–H groups in total. The average molecular weight is 1130 g/mol. The zero-order chi connectivity index (χ0) is 59.2. The van der Waals surface area contributed by atoms with Gasteiger partial charge in [-0.15, -0.1) is 0 Å². The number of hydrogen-bond acceptors (Lipinski definition) is 6. The molecule has 0 aliphatic carbocycles. The van der Waals surface area contributed by atoms with Crippen LogP contribution in [0.3, 0.4) is 0 Å². The van der Waals surface area contributed by atoms with E-state index in [1.165, 1.54) is 70.6 Å². The molecule has 1 atom stereocenters. The molecule has 0 aromatic rings. The molecule has 0 aromatic carbocycles. The van der Waals surface area contributed by atoms with Gasteiger partial charge >= 0.3 is 17.9 Å². The molecule has 0 bridgehead atoms. The molecule has 0 amide bonds. The van der Waals surface area contributed by atoms with Gasteiger partial charge in [0.25, 0.3) is 0 Å². The Morgan fingerprint density at radius 3 is 0.780 bits per heavy atom. The van der Waals surface area contributed by atoms with Gasteiger partial charge < -0.3 is 14.2 Å². The highest BCUT2D eigenvalue weighted by atomic mass is 16.6. The lowest BCUT2D eigenvalue weighted by molar-refractivity contribution is -0.167. The second kappa shape index (κ2) is 68.3. The summed E-state index contributed by atoms with van der Waals surface area (Å²) in [6, 6.07) is 0. The van der Waals surface area contributed by atoms with Gasteiger partial charge in [0.15, 0.2) is 6.10 Å². The fourth-order valence-corrected chi connectivity index (χ4v) is 8.54. The highest BCUT2D eigenvalue weighted by Gasteiger charge is 2.19. The molecule has 0 heterocycles. The minimum atomic E-state index is -0.820. The van der Waals surface area contributed by atoms with Crippen LogP contribution in [0.25, 0.3) is 0 Å². The fraction of sp³-hybridized carbons (Fsp3) is 0.592. The molecule has 0 aliphatic heterocycles. The Hall–Kier alpha value is -5.23. The highest BCUT2D eigenvalue weighted by Crippen LogP contribution is 2.14. The summed E-state index contributed by atoms with van der Waals surface area (Å²) >= 11 is 0. The smallest absolute Gasteiger partial charge is 0.306 e. The van der Waals surface area contributed by atoms with Gasteiger partial charge in [-0.3, -0.25) is 14.4 Å². The Balaban J connectivity index is 4.46. The maximum atomic E-state index is 12.9. The summed E-state index contributed by atoms with van der Waals surface area (Å²) in [5.41, 5.74) is 0. The van der Waals surface area contributed by atoms with E-state index < -0.39 is 6.10 Å². The van der Waals surface area contributed by atoms with Crippen molar-refractivity contribution in [2.75, 3.05) is 13.2 Å². The van der Waals surface area contributed by atoms with Gasteiger partial charge in [0.2, 0.25) is 0 Å². The van der Waals surface area contributed by atoms with Gasteiger partial charge in [-0.2, -0.15) is 0 Å². The van der Waals surface area contributed by atoms with Crippen LogP contribution in [0.4, 0.5) is 0 Å². The summed E-state index contributed by atoms with van der Waals surface area (Å²) < 4.78 is 16.9. The lowest BCUT2D eigenvalue weighted by atomic mass is 10.1. The van der Waals surface area contributed by atoms with E-state index in [1.807, 2.05) is 0 Å². The molecular formula is C76H120O6. The van der Waals surface area contributed by atoms with Crippen molar-refractivity contribution in [1.29, 1.82) is 0 Å². The second-order valence-corrected chi connectivity index (χ2v) is 21.3. The molecule has 0 aromatic heterocycles. The number of carbonyl (C=O) groups is 3. The van der Waals surface area contributed by atoms with Gasteiger partial charge in [-0.05, 0) is 154 Å². The SMILES string of the molecule is CC/C=C\C/C=C\C/C=C\C/C=C\C/C=C\C/C=C\C/C=C\CCCCCCCCCC(=O)OCC(COC(=O)CCCCCCC/C=C\CCCCCCC)OC(=O)CCCC/C=C\C/C=C\C/C=C\C/C=C\C/C=C\C/C=C\CC. The van der Waals surface area contributed by atoms with Crippen LogP contribution in [0, 0.1) is 0 Å². The normalized spacial score (nSPS) is 13.3. The van der Waals surface area contributed by atoms with Crippen LogP contribution in [0.5, 0.6) is 0 Å². The molecule has 1 unspecified atom stereocenters. The quantitative estimate of drug-likeness (QED) is 0.0261. The summed E-state index contributed by atoms with van der Waals surface area (Å²) in [4.78, 5) is 38.4. The zero-order valence-electron chi connectivity index (χ0n) is 52.7. The second-order valence-electron chi connectivity index (χ2n) is 21.3. The monoisotopic (exact) mass is 1130 g/mol. The van der Waals surface area contributed by atoms with Crippen molar-refractivity contribution in [1.82, 2.24) is 0 Å². The summed E-state index contributed by atoms with van der Waals surface area (Å²) in [7, 11) is 0. The molecule has 0 spiro atoms. The Kier molecular flexibility index (Phi) is 63.9. The van der Waals surface area contributed by atoms with Crippen molar-refractivity contribution in [3.63, 3.8) is 0 Å². The third kappa shape index (κ3) is 65.6. The van der Waals surface area contributed by atoms with Gasteiger partial charge in [0, 0.05) is 19.3 Å². The molecule has 0 rings (SSSR count). The van der Waals surface area contributed by atoms with E-state index >= 15 is 0 Å². The minimum absolute atomic E-state index is 0.111. The molecule has 0 saturated carbocycles. The van der Waals surface area contributed by atoms with Crippen molar-refractivity contribution < 1.29 is 28.6 Å². The minimum Gasteiger partial charge on any atom is -0.462 e. The largest absolute Gasteiger partial charge is 0.462 e. The van der Waals surface area contributed by atoms with Crippen LogP contribution in [-0.4, -0.2) is 37.2 Å². The van der Waals surface area contributed by atoms with E-state index in [1.54, 1.807) is 0 Å². The number of allylic oxidation sites excluding steroid dienone is 28. The first-order valence-electron chi connectivity index (χ1n) is 33.1. The van der Waals surface area contributed by atoms with Crippen LogP contribution in [0.1, 0.15) is 271 Å². The number of ether oxygens (including phenoxy) is 3. The van der Waals surface area contributed by atoms with Gasteiger partial charge in [0.05, 0.1) is 0 Å². The van der Waals surface area contributed by atoms with E-state index in [2.05, 4.69) is 191 Å². The molecule has 460 valence electrons. The van der Waals surface area contributed by atoms with Crippen molar-refractivity contribution in [3.8, 4) is 0 Å². The van der Waals surface area contributed by atoms with Gasteiger partial charge in [0.1, 0.15) is 13.2 Å². The molecule has 82 heavy (non-hydrogen) atoms. The van der Waals surface area contributed by atoms with Crippen molar-refractivity contribution in [2.45, 2.75) is 277 Å². The third-order valence-corrected chi connectivity index (χ3v) is 13.4. The maximum Gasteiger partial charge on any atom is 0.306 e. The standard InChI is InChI=1S/C76H120O6/c1-4-7-10-13-16-19-22-25-28-30-32-34-35-36-37-38-39-40-41-43-44-46-48-51-54-57-60-63-66-69-75(78)81-72-73(71-80-74(77)68-65-62-59-56-53-50-27-24-21-18-15-12-9-6-3)82-76(79)70-67-64-61-58-55-52-49-47-45-42-33-31-29-26-23-20-17-14-11-8-5-2/h7-8,10-11,16-17,19-20,24-29,32-34,36-37,39-40,42-44,47,49,55,58,73H,4-6,9,12-15,18,21-23,30-31,35,38,41,45-46,48,50-54,56-57,59-72H2,1-3H3/b10-7-,11-8-,19-16-,20-17-,27-24-,28-25-,29-26-,34-32-,37-36-,40-39-,42-33-,44-43-,49-47-,58-55-. The number of unbranched alkanes of at least 4 members (excludes halogenated alkanes) is 19. The van der Waals surface area contributed by atoms with E-state index in [-0.39, 0.29) is 37.5 Å². The topological polar surface area (TPSA) is 78.9 Å². The molecule has 0 fully saturated rings. The first-order chi connectivity index (χ1) is 40.5. The number of carbonyl (C=O) groups excluding carboxylic acids is 3. The van der Waals surface area contributed by atoms with E-state index in [0.717, 1.165) is 154 Å². The number of hydrogen-bond donors (Lipinski definition) is 0. The van der Waals surface area contributed by atoms with Crippen molar-refractivity contribution in [3.05, 3.63) is 170 Å². The predicted molar refractivity (Wildman–Crippen MR) is 357 cm³/mol. The zero-order valence-corrected chi connectivity index (χ0v) is 52.7. The molecule has 6 heteroatoms. The van der Waals surface area contributed by atoms with Gasteiger partial charge in [-0.25, -0.2) is 0 Å². The first-order valence-corrected chi connectivity index (χ1v) is 33.1. The molecule has 0 aliphatic rings. The van der Waals surface area contributed by atoms with E-state index in [4.69, 9.17) is 14.2 Å². The van der Waals surface area contributed by atoms with E-state index in [9.17, 15) is 14.4 Å². The molecular weight excluding hydrogens is 1010 g/mol. The number of esters is 3. The van der Waals surface area contributed by atoms with Gasteiger partial charge in [-0.1, -0.05) is 268 Å². The lowest BCUT2D eigenvalue weighted by Crippen LogP contribution is -2.30. The Morgan fingerprint density at radius 2 is 0.476 bits per heavy atom. The van der Waals surface area contributed by atoms with Crippen LogP contribution >= 0.6 is 0 Å². The fourth-order valence-electron chi connectivity index (χ4n) is 8.54. The summed E-state index contributed by atoms with van der Waals surface area (Å²) in [6.07, 6.45) is 101. The van der Waals surface area contributed by atoms with Crippen molar-refractivity contribution in [2.24, 2.45) is 0 Å². The maximum absolute atomic E-state index is 12.9. The predicted octanol–water partition coefficient (Wildman–Crippen LogP) is 23.0. The number of rotatable bonds is 58. The third-order valence-electron chi connectivity index (χ3n) is 13.4. The summed E-state index contributed by atoms with van der Waals surface area (Å²) in [5, 5.41) is 0. The summed E-state index contributed by atoms with van der Waals surface area (Å²) in [5.74, 6) is -0.977. The Labute approximate surface area is 504 Å². The van der Waals surface area contributed by atoms with Crippen LogP contribution in [-0.2, 0) is 28.6 Å². The lowest BCUT2D eigenvalue weighted by Gasteiger charge is -2.18.